The Kier molecular flexibility index (Phi) is 14.6. The molecular formula is C48H59ClFN4O9PS. The molecule has 8 rings (SSSR count). The number of benzene rings is 2. The van der Waals surface area contributed by atoms with Crippen molar-refractivity contribution in [2.75, 3.05) is 32.2 Å². The highest BCUT2D eigenvalue weighted by molar-refractivity contribution is 7.59. The summed E-state index contributed by atoms with van der Waals surface area (Å²) in [6, 6.07) is 8.94. The highest BCUT2D eigenvalue weighted by Gasteiger charge is 2.66. The molecule has 350 valence electrons. The Morgan fingerprint density at radius 2 is 1.86 bits per heavy atom. The van der Waals surface area contributed by atoms with Crippen LogP contribution in [0.5, 0.6) is 11.5 Å². The highest BCUT2D eigenvalue weighted by atomic mass is 35.5. The summed E-state index contributed by atoms with van der Waals surface area (Å²) < 4.78 is 54.3. The van der Waals surface area contributed by atoms with E-state index in [0.717, 1.165) is 38.5 Å². The number of Topliss-reactive ketones (excluding diaryl/α,β-unsaturated/α-hetero) is 1. The zero-order valence-corrected chi connectivity index (χ0v) is 40.0. The largest absolute Gasteiger partial charge is 0.495 e. The van der Waals surface area contributed by atoms with Crippen LogP contribution in [-0.4, -0.2) is 93.7 Å². The first kappa shape index (κ1) is 47.4. The fourth-order valence-electron chi connectivity index (χ4n) is 9.97. The van der Waals surface area contributed by atoms with Crippen molar-refractivity contribution < 1.29 is 47.2 Å². The van der Waals surface area contributed by atoms with E-state index in [1.165, 1.54) is 29.4 Å². The first-order valence-electron chi connectivity index (χ1n) is 22.9. The number of hydrogen-bond acceptors (Lipinski definition) is 12. The molecule has 17 heteroatoms. The molecule has 2 aromatic heterocycles. The monoisotopic (exact) mass is 952 g/mol. The maximum Gasteiger partial charge on any atom is 0.306 e. The van der Waals surface area contributed by atoms with Crippen molar-refractivity contribution in [1.29, 1.82) is 0 Å². The molecule has 4 fully saturated rings. The molecule has 2 aliphatic heterocycles. The molecule has 2 saturated heterocycles. The van der Waals surface area contributed by atoms with E-state index < -0.39 is 54.4 Å². The number of carbonyl (C=O) groups is 3. The van der Waals surface area contributed by atoms with Crippen molar-refractivity contribution in [3.8, 4) is 22.9 Å². The Morgan fingerprint density at radius 3 is 2.62 bits per heavy atom. The topological polar surface area (TPSA) is 166 Å². The number of methoxy groups -OCH3 is 1. The summed E-state index contributed by atoms with van der Waals surface area (Å²) in [4.78, 5) is 66.6. The van der Waals surface area contributed by atoms with Crippen LogP contribution in [0.3, 0.4) is 0 Å². The van der Waals surface area contributed by atoms with E-state index >= 15 is 9.18 Å². The number of anilines is 1. The van der Waals surface area contributed by atoms with Crippen molar-refractivity contribution >= 4 is 64.0 Å². The van der Waals surface area contributed by atoms with E-state index in [9.17, 15) is 19.0 Å². The van der Waals surface area contributed by atoms with Gasteiger partial charge in [-0.1, -0.05) is 36.6 Å². The zero-order valence-electron chi connectivity index (χ0n) is 37.5. The van der Waals surface area contributed by atoms with Crippen molar-refractivity contribution in [2.24, 2.45) is 11.8 Å². The number of rotatable bonds is 12. The van der Waals surface area contributed by atoms with Gasteiger partial charge in [0.15, 0.2) is 10.9 Å². The number of nitrogens with zero attached hydrogens (tertiary/aromatic N) is 3. The van der Waals surface area contributed by atoms with Gasteiger partial charge in [-0.25, -0.2) is 14.4 Å². The minimum atomic E-state index is -4.22. The second kappa shape index (κ2) is 20.0. The Hall–Kier alpha value is -4.14. The van der Waals surface area contributed by atoms with Gasteiger partial charge in [-0.05, 0) is 95.4 Å². The molecule has 2 aromatic carbocycles. The summed E-state index contributed by atoms with van der Waals surface area (Å²) in [5.41, 5.74) is 2.22. The third-order valence-electron chi connectivity index (χ3n) is 13.6. The molecule has 0 bridgehead atoms. The minimum absolute atomic E-state index is 0.0206. The summed E-state index contributed by atoms with van der Waals surface area (Å²) in [5.74, 6) is -2.26. The predicted octanol–water partition coefficient (Wildman–Crippen LogP) is 9.91. The van der Waals surface area contributed by atoms with Crippen molar-refractivity contribution in [3.63, 3.8) is 0 Å². The number of pyridine rings is 1. The number of hydrogen-bond donors (Lipinski definition) is 2. The van der Waals surface area contributed by atoms with Crippen LogP contribution in [0, 0.1) is 24.6 Å². The summed E-state index contributed by atoms with van der Waals surface area (Å²) in [6.07, 6.45) is 4.93. The number of fused-ring (bicyclic) bond motifs is 3. The van der Waals surface area contributed by atoms with Gasteiger partial charge in [0, 0.05) is 47.9 Å². The molecule has 2 saturated carbocycles. The average Bonchev–Trinajstić information content (AvgIpc) is 3.68. The first-order chi connectivity index (χ1) is 31.2. The molecule has 4 aliphatic rings. The van der Waals surface area contributed by atoms with Crippen LogP contribution in [0.25, 0.3) is 22.3 Å². The van der Waals surface area contributed by atoms with E-state index in [1.807, 2.05) is 19.2 Å². The number of ketones is 1. The van der Waals surface area contributed by atoms with Crippen molar-refractivity contribution in [1.82, 2.24) is 14.9 Å². The van der Waals surface area contributed by atoms with Gasteiger partial charge in [0.05, 0.1) is 61.2 Å². The fraction of sp³-hybridized carbons (Fsp3) is 0.562. The Balaban J connectivity index is 1.14. The van der Waals surface area contributed by atoms with Crippen LogP contribution in [0.2, 0.25) is 5.02 Å². The van der Waals surface area contributed by atoms with Gasteiger partial charge < -0.3 is 34.1 Å². The molecule has 1 amide bonds. The molecule has 4 heterocycles. The minimum Gasteiger partial charge on any atom is -0.495 e. The van der Waals surface area contributed by atoms with E-state index in [4.69, 9.17) is 40.5 Å². The second-order valence-corrected chi connectivity index (χ2v) is 22.4. The molecule has 2 N–H and O–H groups in total. The van der Waals surface area contributed by atoms with Gasteiger partial charge in [-0.3, -0.25) is 18.9 Å². The highest BCUT2D eigenvalue weighted by Crippen LogP contribution is 2.75. The molecule has 13 nitrogen and oxygen atoms in total. The van der Waals surface area contributed by atoms with Crippen LogP contribution in [-0.2, 0) is 34.6 Å². The number of esters is 1. The second-order valence-electron chi connectivity index (χ2n) is 18.6. The van der Waals surface area contributed by atoms with Gasteiger partial charge in [0.1, 0.15) is 40.2 Å². The molecular weight excluding hydrogens is 894 g/mol. The normalized spacial score (nSPS) is 25.4. The first-order valence-corrected chi connectivity index (χ1v) is 26.0. The standard InChI is InChI=1S/C48H59ClFN4O9PS/c1-28(2)51-47-53-38(27-65-47)37-21-42(34-16-17-41(60-4)44(49)45(34)52-37)62-33-20-39-40(55)23-48(64(58,59)26-35-29(3)11-10-15-36(35)50)22-31(48)12-6-5-9-18-61-25-30(46(57)54(39)24-33)19-43(56)63-32-13-7-8-14-32/h10-11,15-17,21,27-28,30-33,39H,5-9,12-14,18-20,22-26H2,1-4H3,(H,51,53)(H,58,59)/t30-,31-,33+,39-,48+/m0/s1. The number of amides is 1. The number of carbonyl (C=O) groups excluding carboxylic acids is 3. The predicted molar refractivity (Wildman–Crippen MR) is 249 cm³/mol. The van der Waals surface area contributed by atoms with Crippen LogP contribution < -0.4 is 14.8 Å². The lowest BCUT2D eigenvalue weighted by Gasteiger charge is -2.30. The quantitative estimate of drug-likeness (QED) is 0.102. The Morgan fingerprint density at radius 1 is 1.08 bits per heavy atom. The van der Waals surface area contributed by atoms with Crippen LogP contribution in [0.15, 0.2) is 41.8 Å². The van der Waals surface area contributed by atoms with Crippen LogP contribution >= 0.6 is 30.3 Å². The van der Waals surface area contributed by atoms with E-state index in [0.29, 0.717) is 70.4 Å². The van der Waals surface area contributed by atoms with E-state index in [-0.39, 0.29) is 66.8 Å². The van der Waals surface area contributed by atoms with Crippen molar-refractivity contribution in [2.45, 2.75) is 133 Å². The lowest BCUT2D eigenvalue weighted by Crippen LogP contribution is -2.46. The van der Waals surface area contributed by atoms with Crippen LogP contribution in [0.1, 0.15) is 102 Å². The SMILES string of the molecule is COc1ccc2c(O[C@@H]3C[C@H]4C(=O)C[C@]5(P(=O)(O)Cc6c(C)cccc6F)C[C@@H]5CCCCCOC[C@H](CC(=O)OC5CCCC5)C(=O)N4C3)cc(-c3csc(NC(C)C)n3)nc2c1Cl. The number of ether oxygens (including phenoxy) is 4. The van der Waals surface area contributed by atoms with Crippen LogP contribution in [0.4, 0.5) is 9.52 Å². The van der Waals surface area contributed by atoms with Gasteiger partial charge in [-0.15, -0.1) is 11.3 Å². The molecule has 65 heavy (non-hydrogen) atoms. The number of thiazole rings is 1. The smallest absolute Gasteiger partial charge is 0.306 e. The molecule has 6 atom stereocenters. The summed E-state index contributed by atoms with van der Waals surface area (Å²) in [5, 5.41) is 5.48. The Bertz CT molecular complexity index is 2450. The Labute approximate surface area is 388 Å². The lowest BCUT2D eigenvalue weighted by molar-refractivity contribution is -0.155. The third kappa shape index (κ3) is 10.4. The number of aromatic nitrogens is 2. The van der Waals surface area contributed by atoms with Gasteiger partial charge in [0.25, 0.3) is 0 Å². The molecule has 4 aromatic rings. The zero-order chi connectivity index (χ0) is 46.0. The van der Waals surface area contributed by atoms with Crippen molar-refractivity contribution in [3.05, 3.63) is 63.7 Å². The number of nitrogens with one attached hydrogen (secondary N) is 1. The van der Waals surface area contributed by atoms with Gasteiger partial charge in [-0.2, -0.15) is 0 Å². The van der Waals surface area contributed by atoms with E-state index in [2.05, 4.69) is 5.32 Å². The summed E-state index contributed by atoms with van der Waals surface area (Å²) in [6.45, 7) is 6.05. The molecule has 1 unspecified atom stereocenters. The van der Waals surface area contributed by atoms with Gasteiger partial charge in [0.2, 0.25) is 13.3 Å². The lowest BCUT2D eigenvalue weighted by atomic mass is 9.99. The fourth-order valence-corrected chi connectivity index (χ4v) is 13.9. The summed E-state index contributed by atoms with van der Waals surface area (Å²) >= 11 is 8.33. The van der Waals surface area contributed by atoms with E-state index in [1.54, 1.807) is 37.3 Å². The summed E-state index contributed by atoms with van der Waals surface area (Å²) in [7, 11) is -2.70. The number of halogens is 2. The third-order valence-corrected chi connectivity index (χ3v) is 17.6. The maximum atomic E-state index is 15.2. The average molecular weight is 954 g/mol. The maximum absolute atomic E-state index is 15.2. The van der Waals surface area contributed by atoms with Gasteiger partial charge >= 0.3 is 5.97 Å². The molecule has 0 spiro atoms. The molecule has 0 radical (unpaired) electrons. The molecule has 2 aliphatic carbocycles. The number of aryl methyl sites for hydroxylation is 1.